The van der Waals surface area contributed by atoms with Crippen LogP contribution in [-0.2, 0) is 21.4 Å². The van der Waals surface area contributed by atoms with Crippen LogP contribution in [0.2, 0.25) is 0 Å². The monoisotopic (exact) mass is 529 g/mol. The highest BCUT2D eigenvalue weighted by molar-refractivity contribution is 5.96. The number of amides is 3. The molecule has 10 heteroatoms. The summed E-state index contributed by atoms with van der Waals surface area (Å²) in [5.74, 6) is -1.09. The van der Waals surface area contributed by atoms with Crippen molar-refractivity contribution in [3.8, 4) is 6.07 Å². The van der Waals surface area contributed by atoms with Crippen molar-refractivity contribution in [2.45, 2.75) is 62.6 Å². The molecular formula is C29H35N7O3. The van der Waals surface area contributed by atoms with Crippen LogP contribution >= 0.6 is 0 Å². The minimum absolute atomic E-state index is 0.0297. The average Bonchev–Trinajstić information content (AvgIpc) is 3.60. The van der Waals surface area contributed by atoms with Gasteiger partial charge in [0.25, 0.3) is 0 Å². The van der Waals surface area contributed by atoms with Gasteiger partial charge in [0.2, 0.25) is 17.7 Å². The van der Waals surface area contributed by atoms with Crippen molar-refractivity contribution >= 4 is 23.6 Å². The molecule has 0 aromatic heterocycles. The van der Waals surface area contributed by atoms with E-state index in [9.17, 15) is 19.6 Å². The van der Waals surface area contributed by atoms with Gasteiger partial charge in [-0.3, -0.25) is 19.8 Å². The van der Waals surface area contributed by atoms with Gasteiger partial charge in [-0.15, -0.1) is 0 Å². The lowest BCUT2D eigenvalue weighted by atomic mass is 9.60. The van der Waals surface area contributed by atoms with Gasteiger partial charge in [0, 0.05) is 29.1 Å². The van der Waals surface area contributed by atoms with Crippen LogP contribution in [0.5, 0.6) is 0 Å². The van der Waals surface area contributed by atoms with Crippen molar-refractivity contribution < 1.29 is 14.4 Å². The summed E-state index contributed by atoms with van der Waals surface area (Å²) in [5.41, 5.74) is 19.2. The number of primary amides is 2. The molecule has 1 saturated carbocycles. The Morgan fingerprint density at radius 1 is 1.23 bits per heavy atom. The highest BCUT2D eigenvalue weighted by atomic mass is 16.2. The van der Waals surface area contributed by atoms with E-state index >= 15 is 0 Å². The first kappa shape index (κ1) is 26.6. The SMILES string of the molecule is C[C@H](CC1(C(=N)N)c2ccc(C(N)=O)cc2CCC2C=C(C(N)=O)C=CC21)NCC(=O)N1C(C#N)C[C@@H]2C[C@@H]21. The molecule has 7 atom stereocenters. The van der Waals surface area contributed by atoms with E-state index in [0.717, 1.165) is 24.0 Å². The minimum atomic E-state index is -0.970. The van der Waals surface area contributed by atoms with Crippen LogP contribution in [0.25, 0.3) is 0 Å². The number of nitrogens with zero attached hydrogens (tertiary/aromatic N) is 2. The first-order valence-corrected chi connectivity index (χ1v) is 13.5. The van der Waals surface area contributed by atoms with E-state index in [0.29, 0.717) is 36.3 Å². The van der Waals surface area contributed by atoms with E-state index in [4.69, 9.17) is 22.6 Å². The first-order chi connectivity index (χ1) is 18.6. The zero-order valence-corrected chi connectivity index (χ0v) is 22.0. The van der Waals surface area contributed by atoms with Crippen LogP contribution in [0.4, 0.5) is 0 Å². The molecule has 3 aliphatic carbocycles. The lowest BCUT2D eigenvalue weighted by molar-refractivity contribution is -0.131. The second-order valence-electron chi connectivity index (χ2n) is 11.4. The molecule has 1 aromatic carbocycles. The van der Waals surface area contributed by atoms with E-state index in [1.54, 1.807) is 23.1 Å². The van der Waals surface area contributed by atoms with Gasteiger partial charge in [0.05, 0.1) is 18.0 Å². The summed E-state index contributed by atoms with van der Waals surface area (Å²) < 4.78 is 0. The number of likely N-dealkylation sites (tertiary alicyclic amines) is 1. The largest absolute Gasteiger partial charge is 0.387 e. The number of benzene rings is 1. The Balaban J connectivity index is 1.46. The number of hydrogen-bond acceptors (Lipinski definition) is 6. The summed E-state index contributed by atoms with van der Waals surface area (Å²) in [6.07, 6.45) is 8.89. The summed E-state index contributed by atoms with van der Waals surface area (Å²) in [7, 11) is 0. The molecule has 0 radical (unpaired) electrons. The van der Waals surface area contributed by atoms with Crippen molar-refractivity contribution in [3.05, 3.63) is 58.7 Å². The highest BCUT2D eigenvalue weighted by Crippen LogP contribution is 2.50. The number of fused-ring (bicyclic) bond motifs is 3. The number of hydrogen-bond donors (Lipinski definition) is 5. The number of allylic oxidation sites excluding steroid dienone is 2. The molecule has 3 amide bonds. The fourth-order valence-electron chi connectivity index (χ4n) is 7.11. The quantitative estimate of drug-likeness (QED) is 0.246. The standard InChI is InChI=1S/C29H35N7O3/c1-15(35-14-25(37)36-21(13-30)10-20-11-24(20)36)12-29(28(33)34)22-6-4-18(26(31)38)8-16(22)2-3-17-9-19(27(32)39)5-7-23(17)29/h4-9,15-16,20-22,24,35H,2-3,10-12,14H2,1H3,(H2,31,38)(H2,32,39)(H3,33,34)/t15-,16?,20-,21?,22?,24+,29?/m1/s1. The van der Waals surface area contributed by atoms with Gasteiger partial charge in [-0.2, -0.15) is 5.26 Å². The molecule has 1 aromatic rings. The number of nitrogens with two attached hydrogens (primary N) is 3. The smallest absolute Gasteiger partial charge is 0.248 e. The molecule has 204 valence electrons. The summed E-state index contributed by atoms with van der Waals surface area (Å²) in [6.45, 7) is 2.04. The molecule has 0 spiro atoms. The molecule has 0 bridgehead atoms. The van der Waals surface area contributed by atoms with Gasteiger partial charge in [0.1, 0.15) is 11.9 Å². The molecule has 39 heavy (non-hydrogen) atoms. The van der Waals surface area contributed by atoms with Crippen molar-refractivity contribution in [1.82, 2.24) is 10.2 Å². The van der Waals surface area contributed by atoms with Gasteiger partial charge in [-0.1, -0.05) is 24.3 Å². The maximum atomic E-state index is 13.1. The average molecular weight is 530 g/mol. The molecule has 1 saturated heterocycles. The van der Waals surface area contributed by atoms with Crippen LogP contribution in [-0.4, -0.2) is 53.1 Å². The molecule has 2 fully saturated rings. The topological polar surface area (TPSA) is 192 Å². The lowest BCUT2D eigenvalue weighted by Gasteiger charge is -2.44. The molecule has 1 aliphatic heterocycles. The number of piperidine rings is 1. The number of carbonyl (C=O) groups is 3. The predicted molar refractivity (Wildman–Crippen MR) is 145 cm³/mol. The fourth-order valence-corrected chi connectivity index (χ4v) is 7.11. The van der Waals surface area contributed by atoms with Crippen LogP contribution in [0.1, 0.15) is 54.1 Å². The third kappa shape index (κ3) is 4.61. The Bertz CT molecular complexity index is 1340. The first-order valence-electron chi connectivity index (χ1n) is 13.5. The molecular weight excluding hydrogens is 494 g/mol. The molecule has 8 N–H and O–H groups in total. The van der Waals surface area contributed by atoms with Gasteiger partial charge >= 0.3 is 0 Å². The Kier molecular flexibility index (Phi) is 6.81. The number of nitrogens with one attached hydrogen (secondary N) is 2. The fraction of sp³-hybridized carbons (Fsp3) is 0.483. The van der Waals surface area contributed by atoms with Crippen LogP contribution in [0.3, 0.4) is 0 Å². The van der Waals surface area contributed by atoms with E-state index in [1.165, 1.54) is 0 Å². The third-order valence-corrected chi connectivity index (χ3v) is 9.06. The molecule has 5 rings (SSSR count). The van der Waals surface area contributed by atoms with Crippen molar-refractivity contribution in [2.24, 2.45) is 35.0 Å². The summed E-state index contributed by atoms with van der Waals surface area (Å²) >= 11 is 0. The van der Waals surface area contributed by atoms with Crippen molar-refractivity contribution in [3.63, 3.8) is 0 Å². The number of aryl methyl sites for hydroxylation is 1. The van der Waals surface area contributed by atoms with Gasteiger partial charge in [-0.05, 0) is 74.1 Å². The minimum Gasteiger partial charge on any atom is -0.387 e. The number of nitriles is 1. The summed E-state index contributed by atoms with van der Waals surface area (Å²) in [6, 6.07) is 7.12. The van der Waals surface area contributed by atoms with Crippen LogP contribution in [0, 0.1) is 34.5 Å². The van der Waals surface area contributed by atoms with Gasteiger partial charge in [-0.25, -0.2) is 0 Å². The lowest BCUT2D eigenvalue weighted by Crippen LogP contribution is -2.53. The predicted octanol–water partition coefficient (Wildman–Crippen LogP) is 1.00. The number of carbonyl (C=O) groups excluding carboxylic acids is 3. The molecule has 10 nitrogen and oxygen atoms in total. The van der Waals surface area contributed by atoms with Gasteiger partial charge < -0.3 is 27.4 Å². The maximum Gasteiger partial charge on any atom is 0.248 e. The van der Waals surface area contributed by atoms with E-state index < -0.39 is 17.2 Å². The Morgan fingerprint density at radius 3 is 2.67 bits per heavy atom. The zero-order chi connectivity index (χ0) is 28.1. The Morgan fingerprint density at radius 2 is 2.00 bits per heavy atom. The number of amidine groups is 1. The van der Waals surface area contributed by atoms with E-state index in [-0.39, 0.29) is 48.2 Å². The van der Waals surface area contributed by atoms with Crippen molar-refractivity contribution in [2.75, 3.05) is 6.54 Å². The molecule has 4 unspecified atom stereocenters. The molecule has 1 heterocycles. The van der Waals surface area contributed by atoms with E-state index in [1.807, 2.05) is 25.1 Å². The highest BCUT2D eigenvalue weighted by Gasteiger charge is 2.54. The van der Waals surface area contributed by atoms with Crippen molar-refractivity contribution in [1.29, 1.82) is 10.7 Å². The second-order valence-corrected chi connectivity index (χ2v) is 11.4. The molecule has 4 aliphatic rings. The number of rotatable bonds is 8. The Hall–Kier alpha value is -3.97. The third-order valence-electron chi connectivity index (χ3n) is 9.06. The summed E-state index contributed by atoms with van der Waals surface area (Å²) in [5, 5.41) is 21.7. The van der Waals surface area contributed by atoms with Gasteiger partial charge in [0.15, 0.2) is 0 Å². The van der Waals surface area contributed by atoms with E-state index in [2.05, 4.69) is 11.4 Å². The second kappa shape index (κ2) is 9.97. The van der Waals surface area contributed by atoms with Crippen LogP contribution in [0.15, 0.2) is 42.0 Å². The normalized spacial score (nSPS) is 31.0. The Labute approximate surface area is 227 Å². The maximum absolute atomic E-state index is 13.1. The zero-order valence-electron chi connectivity index (χ0n) is 22.0. The summed E-state index contributed by atoms with van der Waals surface area (Å²) in [4.78, 5) is 38.7. The van der Waals surface area contributed by atoms with Crippen LogP contribution < -0.4 is 22.5 Å².